The van der Waals surface area contributed by atoms with Gasteiger partial charge in [0.15, 0.2) is 5.76 Å². The largest absolute Gasteiger partial charge is 0.444 e. The molecule has 0 aliphatic heterocycles. The average molecular weight is 309 g/mol. The molecule has 1 amide bonds. The van der Waals surface area contributed by atoms with E-state index in [1.54, 1.807) is 32.9 Å². The standard InChI is InChI=1S/C15H17ClN2O3/c1-15(2,3)20-14(19)17-9-10-8-13(18-21-10)11-6-4-5-7-12(11)16/h4-8H,9H2,1-3H3,(H,17,19). The van der Waals surface area contributed by atoms with Gasteiger partial charge in [-0.15, -0.1) is 0 Å². The number of nitrogens with one attached hydrogen (secondary N) is 1. The van der Waals surface area contributed by atoms with E-state index < -0.39 is 11.7 Å². The molecule has 0 spiro atoms. The van der Waals surface area contributed by atoms with E-state index in [4.69, 9.17) is 20.9 Å². The maximum Gasteiger partial charge on any atom is 0.408 e. The normalized spacial score (nSPS) is 11.2. The summed E-state index contributed by atoms with van der Waals surface area (Å²) in [4.78, 5) is 11.5. The number of carbonyl (C=O) groups is 1. The van der Waals surface area contributed by atoms with Crippen LogP contribution in [-0.4, -0.2) is 16.9 Å². The minimum absolute atomic E-state index is 0.201. The Bertz CT molecular complexity index is 632. The van der Waals surface area contributed by atoms with Gasteiger partial charge in [-0.1, -0.05) is 35.0 Å². The van der Waals surface area contributed by atoms with Crippen molar-refractivity contribution in [1.29, 1.82) is 0 Å². The monoisotopic (exact) mass is 308 g/mol. The summed E-state index contributed by atoms with van der Waals surface area (Å²) in [7, 11) is 0. The van der Waals surface area contributed by atoms with E-state index >= 15 is 0 Å². The van der Waals surface area contributed by atoms with E-state index in [2.05, 4.69) is 10.5 Å². The zero-order valence-electron chi connectivity index (χ0n) is 12.1. The van der Waals surface area contributed by atoms with Crippen LogP contribution in [0.1, 0.15) is 26.5 Å². The fourth-order valence-corrected chi connectivity index (χ4v) is 1.90. The molecule has 6 heteroatoms. The molecule has 0 atom stereocenters. The zero-order valence-corrected chi connectivity index (χ0v) is 12.9. The molecule has 1 N–H and O–H groups in total. The highest BCUT2D eigenvalue weighted by molar-refractivity contribution is 6.33. The number of nitrogens with zero attached hydrogens (tertiary/aromatic N) is 1. The molecular formula is C15H17ClN2O3. The summed E-state index contributed by atoms with van der Waals surface area (Å²) in [6.45, 7) is 5.61. The molecule has 0 saturated carbocycles. The number of alkyl carbamates (subject to hydrolysis) is 1. The lowest BCUT2D eigenvalue weighted by molar-refractivity contribution is 0.0519. The van der Waals surface area contributed by atoms with Crippen molar-refractivity contribution in [2.45, 2.75) is 32.9 Å². The zero-order chi connectivity index (χ0) is 15.5. The Labute approximate surface area is 128 Å². The minimum Gasteiger partial charge on any atom is -0.444 e. The summed E-state index contributed by atoms with van der Waals surface area (Å²) in [5, 5.41) is 7.15. The van der Waals surface area contributed by atoms with Crippen LogP contribution in [0, 0.1) is 0 Å². The van der Waals surface area contributed by atoms with Crippen LogP contribution in [0.15, 0.2) is 34.9 Å². The van der Waals surface area contributed by atoms with E-state index in [1.807, 2.05) is 18.2 Å². The van der Waals surface area contributed by atoms with Crippen LogP contribution in [0.2, 0.25) is 5.02 Å². The van der Waals surface area contributed by atoms with E-state index in [1.165, 1.54) is 0 Å². The predicted molar refractivity (Wildman–Crippen MR) is 80.0 cm³/mol. The summed E-state index contributed by atoms with van der Waals surface area (Å²) in [5.41, 5.74) is 0.877. The first-order valence-electron chi connectivity index (χ1n) is 6.52. The van der Waals surface area contributed by atoms with Gasteiger partial charge in [-0.3, -0.25) is 0 Å². The van der Waals surface area contributed by atoms with Gasteiger partial charge in [0.25, 0.3) is 0 Å². The Morgan fingerprint density at radius 3 is 2.76 bits per heavy atom. The Kier molecular flexibility index (Phi) is 4.53. The number of rotatable bonds is 3. The molecular weight excluding hydrogens is 292 g/mol. The number of hydrogen-bond acceptors (Lipinski definition) is 4. The molecule has 0 bridgehead atoms. The second-order valence-corrected chi connectivity index (χ2v) is 5.92. The van der Waals surface area contributed by atoms with Gasteiger partial charge < -0.3 is 14.6 Å². The van der Waals surface area contributed by atoms with Gasteiger partial charge in [-0.25, -0.2) is 4.79 Å². The molecule has 1 aromatic heterocycles. The van der Waals surface area contributed by atoms with Gasteiger partial charge in [0.1, 0.15) is 11.3 Å². The molecule has 1 heterocycles. The van der Waals surface area contributed by atoms with Crippen LogP contribution in [0.3, 0.4) is 0 Å². The lowest BCUT2D eigenvalue weighted by atomic mass is 10.1. The van der Waals surface area contributed by atoms with Crippen molar-refractivity contribution < 1.29 is 14.1 Å². The maximum absolute atomic E-state index is 11.5. The summed E-state index contributed by atoms with van der Waals surface area (Å²) in [5.74, 6) is 0.524. The van der Waals surface area contributed by atoms with Crippen molar-refractivity contribution in [1.82, 2.24) is 10.5 Å². The number of carbonyl (C=O) groups excluding carboxylic acids is 1. The van der Waals surface area contributed by atoms with Gasteiger partial charge in [0.2, 0.25) is 0 Å². The lowest BCUT2D eigenvalue weighted by Crippen LogP contribution is -2.32. The predicted octanol–water partition coefficient (Wildman–Crippen LogP) is 4.02. The third kappa shape index (κ3) is 4.49. The molecule has 2 aromatic rings. The van der Waals surface area contributed by atoms with Gasteiger partial charge in [0, 0.05) is 11.6 Å². The fourth-order valence-electron chi connectivity index (χ4n) is 1.67. The highest BCUT2D eigenvalue weighted by atomic mass is 35.5. The van der Waals surface area contributed by atoms with Crippen LogP contribution in [-0.2, 0) is 11.3 Å². The number of amides is 1. The van der Waals surface area contributed by atoms with Crippen molar-refractivity contribution in [2.75, 3.05) is 0 Å². The molecule has 0 aliphatic rings. The van der Waals surface area contributed by atoms with Crippen LogP contribution in [0.4, 0.5) is 4.79 Å². The quantitative estimate of drug-likeness (QED) is 0.930. The highest BCUT2D eigenvalue weighted by Gasteiger charge is 2.16. The van der Waals surface area contributed by atoms with Crippen molar-refractivity contribution in [3.05, 3.63) is 41.1 Å². The minimum atomic E-state index is -0.534. The number of benzene rings is 1. The topological polar surface area (TPSA) is 64.4 Å². The van der Waals surface area contributed by atoms with Gasteiger partial charge >= 0.3 is 6.09 Å². The number of aromatic nitrogens is 1. The number of hydrogen-bond donors (Lipinski definition) is 1. The Hall–Kier alpha value is -2.01. The molecule has 112 valence electrons. The van der Waals surface area contributed by atoms with Gasteiger partial charge in [0.05, 0.1) is 11.6 Å². The number of ether oxygens (including phenoxy) is 1. The second-order valence-electron chi connectivity index (χ2n) is 5.51. The smallest absolute Gasteiger partial charge is 0.408 e. The SMILES string of the molecule is CC(C)(C)OC(=O)NCc1cc(-c2ccccc2Cl)no1. The molecule has 0 saturated heterocycles. The molecule has 5 nitrogen and oxygen atoms in total. The highest BCUT2D eigenvalue weighted by Crippen LogP contribution is 2.26. The Morgan fingerprint density at radius 2 is 2.10 bits per heavy atom. The first kappa shape index (κ1) is 15.4. The van der Waals surface area contributed by atoms with E-state index in [0.717, 1.165) is 5.56 Å². The van der Waals surface area contributed by atoms with E-state index in [0.29, 0.717) is 16.5 Å². The molecule has 1 aromatic carbocycles. The summed E-state index contributed by atoms with van der Waals surface area (Å²) in [6.07, 6.45) is -0.502. The molecule has 0 unspecified atom stereocenters. The van der Waals surface area contributed by atoms with Crippen molar-refractivity contribution in [2.24, 2.45) is 0 Å². The summed E-state index contributed by atoms with van der Waals surface area (Å²) in [6, 6.07) is 9.08. The van der Waals surface area contributed by atoms with Gasteiger partial charge in [-0.05, 0) is 26.8 Å². The van der Waals surface area contributed by atoms with Crippen LogP contribution in [0.25, 0.3) is 11.3 Å². The van der Waals surface area contributed by atoms with Crippen molar-refractivity contribution in [3.63, 3.8) is 0 Å². The van der Waals surface area contributed by atoms with Crippen LogP contribution in [0.5, 0.6) is 0 Å². The first-order chi connectivity index (χ1) is 9.85. The summed E-state index contributed by atoms with van der Waals surface area (Å²) < 4.78 is 10.3. The van der Waals surface area contributed by atoms with Crippen molar-refractivity contribution >= 4 is 17.7 Å². The Morgan fingerprint density at radius 1 is 1.38 bits per heavy atom. The maximum atomic E-state index is 11.5. The molecule has 21 heavy (non-hydrogen) atoms. The average Bonchev–Trinajstić information content (AvgIpc) is 2.83. The first-order valence-corrected chi connectivity index (χ1v) is 6.90. The van der Waals surface area contributed by atoms with Crippen LogP contribution < -0.4 is 5.32 Å². The third-order valence-electron chi connectivity index (χ3n) is 2.51. The second kappa shape index (κ2) is 6.18. The molecule has 2 rings (SSSR count). The Balaban J connectivity index is 1.98. The molecule has 0 fully saturated rings. The summed E-state index contributed by atoms with van der Waals surface area (Å²) >= 11 is 6.10. The van der Waals surface area contributed by atoms with Crippen molar-refractivity contribution in [3.8, 4) is 11.3 Å². The fraction of sp³-hybridized carbons (Fsp3) is 0.333. The lowest BCUT2D eigenvalue weighted by Gasteiger charge is -2.19. The molecule has 0 radical (unpaired) electrons. The van der Waals surface area contributed by atoms with E-state index in [9.17, 15) is 4.79 Å². The number of halogens is 1. The third-order valence-corrected chi connectivity index (χ3v) is 2.84. The van der Waals surface area contributed by atoms with E-state index in [-0.39, 0.29) is 6.54 Å². The van der Waals surface area contributed by atoms with Crippen LogP contribution >= 0.6 is 11.6 Å². The van der Waals surface area contributed by atoms with Gasteiger partial charge in [-0.2, -0.15) is 0 Å². The molecule has 0 aliphatic carbocycles.